The van der Waals surface area contributed by atoms with Gasteiger partial charge in [-0.1, -0.05) is 70.7 Å². The van der Waals surface area contributed by atoms with Gasteiger partial charge in [0.1, 0.15) is 6.04 Å². The molecule has 0 fully saturated rings. The molecular weight excluding hydrogens is 428 g/mol. The average molecular weight is 459 g/mol. The predicted octanol–water partition coefficient (Wildman–Crippen LogP) is 4.94. The van der Waals surface area contributed by atoms with Crippen LogP contribution in [0.4, 0.5) is 0 Å². The van der Waals surface area contributed by atoms with Crippen molar-refractivity contribution in [3.63, 3.8) is 0 Å². The van der Waals surface area contributed by atoms with Gasteiger partial charge in [-0.25, -0.2) is 0 Å². The molecule has 2 rings (SSSR count). The van der Waals surface area contributed by atoms with Gasteiger partial charge in [0, 0.05) is 17.6 Å². The van der Waals surface area contributed by atoms with Crippen molar-refractivity contribution < 1.29 is 9.59 Å². The average Bonchev–Trinajstić information content (AvgIpc) is 2.64. The van der Waals surface area contributed by atoms with E-state index in [1.54, 1.807) is 11.8 Å². The van der Waals surface area contributed by atoms with Gasteiger partial charge in [0.15, 0.2) is 0 Å². The highest BCUT2D eigenvalue weighted by Crippen LogP contribution is 2.17. The molecule has 1 N–H and O–H groups in total. The van der Waals surface area contributed by atoms with Gasteiger partial charge in [-0.15, -0.1) is 0 Å². The fraction of sp³-hybridized carbons (Fsp3) is 0.417. The van der Waals surface area contributed by atoms with E-state index in [2.05, 4.69) is 34.2 Å². The van der Waals surface area contributed by atoms with Gasteiger partial charge in [-0.05, 0) is 50.5 Å². The fourth-order valence-corrected chi connectivity index (χ4v) is 3.84. The molecule has 0 saturated heterocycles. The second kappa shape index (κ2) is 11.1. The highest BCUT2D eigenvalue weighted by atomic mass is 79.9. The first-order valence-electron chi connectivity index (χ1n) is 10.2. The van der Waals surface area contributed by atoms with Gasteiger partial charge in [-0.2, -0.15) is 0 Å². The lowest BCUT2D eigenvalue weighted by Gasteiger charge is -2.29. The minimum absolute atomic E-state index is 0.0480. The zero-order valence-corrected chi connectivity index (χ0v) is 19.4. The summed E-state index contributed by atoms with van der Waals surface area (Å²) in [6, 6.07) is 13.5. The monoisotopic (exact) mass is 458 g/mol. The third kappa shape index (κ3) is 7.32. The molecule has 0 aliphatic heterocycles. The van der Waals surface area contributed by atoms with E-state index in [-0.39, 0.29) is 18.2 Å². The van der Waals surface area contributed by atoms with Crippen LogP contribution in [-0.2, 0) is 22.6 Å². The zero-order valence-electron chi connectivity index (χ0n) is 17.8. The number of halogens is 1. The lowest BCUT2D eigenvalue weighted by molar-refractivity contribution is -0.140. The van der Waals surface area contributed by atoms with Gasteiger partial charge in [0.05, 0.1) is 6.42 Å². The Morgan fingerprint density at radius 1 is 1.07 bits per heavy atom. The van der Waals surface area contributed by atoms with Crippen LogP contribution in [0, 0.1) is 13.8 Å². The normalized spacial score (nSPS) is 11.8. The molecule has 0 aliphatic rings. The molecule has 0 heterocycles. The smallest absolute Gasteiger partial charge is 0.242 e. The maximum Gasteiger partial charge on any atom is 0.242 e. The Bertz CT molecular complexity index is 830. The van der Waals surface area contributed by atoms with E-state index in [4.69, 9.17) is 0 Å². The molecule has 0 spiro atoms. The molecule has 2 aromatic carbocycles. The Hall–Kier alpha value is -2.14. The summed E-state index contributed by atoms with van der Waals surface area (Å²) in [7, 11) is 0. The molecule has 0 bridgehead atoms. The molecule has 29 heavy (non-hydrogen) atoms. The van der Waals surface area contributed by atoms with Crippen molar-refractivity contribution in [2.45, 2.75) is 59.5 Å². The van der Waals surface area contributed by atoms with Crippen molar-refractivity contribution in [2.75, 3.05) is 6.54 Å². The first-order valence-corrected chi connectivity index (χ1v) is 11.0. The first kappa shape index (κ1) is 23.1. The number of nitrogens with zero attached hydrogens (tertiary/aromatic N) is 1. The summed E-state index contributed by atoms with van der Waals surface area (Å²) < 4.78 is 0.955. The number of unbranched alkanes of at least 4 members (excludes halogenated alkanes) is 1. The molecule has 2 amide bonds. The number of rotatable bonds is 9. The van der Waals surface area contributed by atoms with Gasteiger partial charge < -0.3 is 10.2 Å². The number of carbonyl (C=O) groups excluding carboxylic acids is 2. The van der Waals surface area contributed by atoms with Crippen LogP contribution in [-0.4, -0.2) is 29.3 Å². The van der Waals surface area contributed by atoms with E-state index in [1.165, 1.54) is 0 Å². The lowest BCUT2D eigenvalue weighted by atomic mass is 10.0. The number of hydrogen-bond acceptors (Lipinski definition) is 2. The van der Waals surface area contributed by atoms with E-state index >= 15 is 0 Å². The van der Waals surface area contributed by atoms with Crippen LogP contribution in [0.2, 0.25) is 0 Å². The quantitative estimate of drug-likeness (QED) is 0.540. The molecule has 0 radical (unpaired) electrons. The van der Waals surface area contributed by atoms with Crippen molar-refractivity contribution in [1.82, 2.24) is 10.2 Å². The van der Waals surface area contributed by atoms with E-state index in [0.29, 0.717) is 13.1 Å². The molecule has 0 aromatic heterocycles. The largest absolute Gasteiger partial charge is 0.354 e. The summed E-state index contributed by atoms with van der Waals surface area (Å²) in [5, 5.41) is 2.96. The molecule has 5 heteroatoms. The number of nitrogens with one attached hydrogen (secondary N) is 1. The van der Waals surface area contributed by atoms with E-state index < -0.39 is 6.04 Å². The van der Waals surface area contributed by atoms with Crippen LogP contribution >= 0.6 is 15.9 Å². The minimum atomic E-state index is -0.538. The standard InChI is InChI=1S/C24H31BrN2O2/c1-5-6-10-26-24(29)19(4)27(16-20-8-7-9-22(25)14-20)23(28)15-21-12-17(2)11-18(3)13-21/h7-9,11-14,19H,5-6,10,15-16H2,1-4H3,(H,26,29). The molecule has 156 valence electrons. The summed E-state index contributed by atoms with van der Waals surface area (Å²) >= 11 is 3.48. The first-order chi connectivity index (χ1) is 13.8. The molecule has 0 aliphatic carbocycles. The van der Waals surface area contributed by atoms with Crippen LogP contribution in [0.3, 0.4) is 0 Å². The van der Waals surface area contributed by atoms with Crippen LogP contribution in [0.25, 0.3) is 0 Å². The van der Waals surface area contributed by atoms with Crippen molar-refractivity contribution in [2.24, 2.45) is 0 Å². The van der Waals surface area contributed by atoms with E-state index in [9.17, 15) is 9.59 Å². The molecule has 1 unspecified atom stereocenters. The van der Waals surface area contributed by atoms with Crippen molar-refractivity contribution in [1.29, 1.82) is 0 Å². The third-order valence-electron chi connectivity index (χ3n) is 4.88. The van der Waals surface area contributed by atoms with Crippen LogP contribution in [0.1, 0.15) is 48.9 Å². The Labute approximate surface area is 182 Å². The molecule has 0 saturated carbocycles. The van der Waals surface area contributed by atoms with Crippen LogP contribution in [0.5, 0.6) is 0 Å². The second-order valence-corrected chi connectivity index (χ2v) is 8.56. The molecular formula is C24H31BrN2O2. The van der Waals surface area contributed by atoms with Crippen molar-refractivity contribution >= 4 is 27.7 Å². The fourth-order valence-electron chi connectivity index (χ4n) is 3.40. The van der Waals surface area contributed by atoms with Crippen molar-refractivity contribution in [3.05, 3.63) is 69.2 Å². The number of amides is 2. The summed E-state index contributed by atoms with van der Waals surface area (Å²) in [6.07, 6.45) is 2.23. The number of benzene rings is 2. The van der Waals surface area contributed by atoms with Gasteiger partial charge in [-0.3, -0.25) is 9.59 Å². The van der Waals surface area contributed by atoms with E-state index in [1.807, 2.05) is 50.2 Å². The summed E-state index contributed by atoms with van der Waals surface area (Å²) in [5.41, 5.74) is 4.24. The van der Waals surface area contributed by atoms with Gasteiger partial charge in [0.25, 0.3) is 0 Å². The highest BCUT2D eigenvalue weighted by Gasteiger charge is 2.26. The van der Waals surface area contributed by atoms with Crippen LogP contribution < -0.4 is 5.32 Å². The Kier molecular flexibility index (Phi) is 8.90. The minimum Gasteiger partial charge on any atom is -0.354 e. The number of hydrogen-bond donors (Lipinski definition) is 1. The van der Waals surface area contributed by atoms with Crippen molar-refractivity contribution in [3.8, 4) is 0 Å². The van der Waals surface area contributed by atoms with Crippen LogP contribution in [0.15, 0.2) is 46.9 Å². The second-order valence-electron chi connectivity index (χ2n) is 7.64. The number of aryl methyl sites for hydroxylation is 2. The molecule has 2 aromatic rings. The maximum atomic E-state index is 13.2. The molecule has 4 nitrogen and oxygen atoms in total. The highest BCUT2D eigenvalue weighted by molar-refractivity contribution is 9.10. The summed E-state index contributed by atoms with van der Waals surface area (Å²) in [4.78, 5) is 27.6. The van der Waals surface area contributed by atoms with E-state index in [0.717, 1.165) is 39.6 Å². The third-order valence-corrected chi connectivity index (χ3v) is 5.37. The number of carbonyl (C=O) groups is 2. The van der Waals surface area contributed by atoms with Gasteiger partial charge >= 0.3 is 0 Å². The Balaban J connectivity index is 2.22. The predicted molar refractivity (Wildman–Crippen MR) is 122 cm³/mol. The zero-order chi connectivity index (χ0) is 21.4. The summed E-state index contributed by atoms with van der Waals surface area (Å²) in [6.45, 7) is 8.98. The Morgan fingerprint density at radius 3 is 2.38 bits per heavy atom. The lowest BCUT2D eigenvalue weighted by Crippen LogP contribution is -2.48. The SMILES string of the molecule is CCCCNC(=O)C(C)N(Cc1cccc(Br)c1)C(=O)Cc1cc(C)cc(C)c1. The maximum absolute atomic E-state index is 13.2. The molecule has 1 atom stereocenters. The topological polar surface area (TPSA) is 49.4 Å². The summed E-state index contributed by atoms with van der Waals surface area (Å²) in [5.74, 6) is -0.157. The Morgan fingerprint density at radius 2 is 1.76 bits per heavy atom. The van der Waals surface area contributed by atoms with Gasteiger partial charge in [0.2, 0.25) is 11.8 Å².